The first-order valence-corrected chi connectivity index (χ1v) is 7.46. The first-order valence-electron chi connectivity index (χ1n) is 7.08. The van der Waals surface area contributed by atoms with Gasteiger partial charge in [0.25, 0.3) is 0 Å². The van der Waals surface area contributed by atoms with Crippen LogP contribution in [0.4, 0.5) is 5.69 Å². The van der Waals surface area contributed by atoms with E-state index in [4.69, 9.17) is 11.6 Å². The molecule has 1 aliphatic rings. The lowest BCUT2D eigenvalue weighted by molar-refractivity contribution is 0.418. The lowest BCUT2D eigenvalue weighted by Gasteiger charge is -2.30. The van der Waals surface area contributed by atoms with Crippen molar-refractivity contribution in [3.8, 4) is 0 Å². The zero-order chi connectivity index (χ0) is 14.0. The van der Waals surface area contributed by atoms with Gasteiger partial charge < -0.3 is 10.2 Å². The molecule has 1 N–H and O–H groups in total. The molecule has 3 heteroatoms. The summed E-state index contributed by atoms with van der Waals surface area (Å²) in [6.07, 6.45) is 2.63. The van der Waals surface area contributed by atoms with Crippen LogP contribution in [-0.4, -0.2) is 19.6 Å². The maximum atomic E-state index is 6.14. The maximum absolute atomic E-state index is 6.14. The van der Waals surface area contributed by atoms with Gasteiger partial charge in [-0.2, -0.15) is 0 Å². The van der Waals surface area contributed by atoms with Gasteiger partial charge in [-0.1, -0.05) is 32.4 Å². The molecule has 0 radical (unpaired) electrons. The van der Waals surface area contributed by atoms with Gasteiger partial charge in [-0.15, -0.1) is 0 Å². The molecule has 1 saturated carbocycles. The largest absolute Gasteiger partial charge is 0.374 e. The number of nitrogens with one attached hydrogen (secondary N) is 1. The molecular formula is C16H25ClN2. The van der Waals surface area contributed by atoms with E-state index >= 15 is 0 Å². The Morgan fingerprint density at radius 3 is 2.58 bits per heavy atom. The quantitative estimate of drug-likeness (QED) is 0.874. The molecule has 0 atom stereocenters. The van der Waals surface area contributed by atoms with Gasteiger partial charge in [0.15, 0.2) is 0 Å². The normalized spacial score (nSPS) is 15.6. The Kier molecular flexibility index (Phi) is 4.42. The van der Waals surface area contributed by atoms with Crippen molar-refractivity contribution in [3.05, 3.63) is 28.8 Å². The van der Waals surface area contributed by atoms with Crippen LogP contribution < -0.4 is 10.2 Å². The van der Waals surface area contributed by atoms with Gasteiger partial charge in [0.05, 0.1) is 0 Å². The predicted octanol–water partition coefficient (Wildman–Crippen LogP) is 4.07. The number of halogens is 1. The lowest BCUT2D eigenvalue weighted by atomic mass is 9.95. The first-order chi connectivity index (χ1) is 8.85. The first kappa shape index (κ1) is 14.7. The van der Waals surface area contributed by atoms with Crippen molar-refractivity contribution in [2.24, 2.45) is 5.41 Å². The fourth-order valence-electron chi connectivity index (χ4n) is 2.41. The molecule has 0 saturated heterocycles. The highest BCUT2D eigenvalue weighted by Gasteiger charge is 2.21. The Labute approximate surface area is 122 Å². The molecule has 1 aromatic carbocycles. The summed E-state index contributed by atoms with van der Waals surface area (Å²) in [7, 11) is 2.16. The van der Waals surface area contributed by atoms with E-state index < -0.39 is 0 Å². The van der Waals surface area contributed by atoms with Crippen LogP contribution in [-0.2, 0) is 6.54 Å². The van der Waals surface area contributed by atoms with E-state index in [-0.39, 0.29) is 5.41 Å². The summed E-state index contributed by atoms with van der Waals surface area (Å²) in [6.45, 7) is 8.74. The molecule has 0 aromatic heterocycles. The van der Waals surface area contributed by atoms with Crippen molar-refractivity contribution < 1.29 is 0 Å². The minimum absolute atomic E-state index is 0.287. The maximum Gasteiger partial charge on any atom is 0.0410 e. The topological polar surface area (TPSA) is 15.3 Å². The second kappa shape index (κ2) is 5.72. The molecular weight excluding hydrogens is 256 g/mol. The minimum atomic E-state index is 0.287. The standard InChI is InChI=1S/C16H25ClN2/c1-16(2,3)11-19(4)15-8-5-13(17)9-12(15)10-18-14-6-7-14/h5,8-9,14,18H,6-7,10-11H2,1-4H3. The average Bonchev–Trinajstić information content (AvgIpc) is 3.07. The van der Waals surface area contributed by atoms with Crippen molar-refractivity contribution in [3.63, 3.8) is 0 Å². The summed E-state index contributed by atoms with van der Waals surface area (Å²) in [5, 5.41) is 4.39. The molecule has 1 fully saturated rings. The molecule has 1 aromatic rings. The summed E-state index contributed by atoms with van der Waals surface area (Å²) >= 11 is 6.14. The molecule has 2 nitrogen and oxygen atoms in total. The zero-order valence-electron chi connectivity index (χ0n) is 12.5. The number of rotatable bonds is 5. The predicted molar refractivity (Wildman–Crippen MR) is 84.0 cm³/mol. The third-order valence-electron chi connectivity index (χ3n) is 3.32. The third-order valence-corrected chi connectivity index (χ3v) is 3.56. The second-order valence-corrected chi connectivity index (χ2v) is 7.28. The van der Waals surface area contributed by atoms with Gasteiger partial charge in [-0.05, 0) is 42.0 Å². The van der Waals surface area contributed by atoms with Gasteiger partial charge in [0.2, 0.25) is 0 Å². The Bertz CT molecular complexity index is 433. The van der Waals surface area contributed by atoms with Crippen LogP contribution in [0, 0.1) is 5.41 Å². The van der Waals surface area contributed by atoms with Crippen molar-refractivity contribution in [1.82, 2.24) is 5.32 Å². The van der Waals surface area contributed by atoms with Crippen LogP contribution in [0.25, 0.3) is 0 Å². The molecule has 0 unspecified atom stereocenters. The van der Waals surface area contributed by atoms with Crippen LogP contribution >= 0.6 is 11.6 Å². The van der Waals surface area contributed by atoms with Crippen LogP contribution in [0.5, 0.6) is 0 Å². The Morgan fingerprint density at radius 2 is 2.00 bits per heavy atom. The van der Waals surface area contributed by atoms with E-state index in [9.17, 15) is 0 Å². The Hall–Kier alpha value is -0.730. The monoisotopic (exact) mass is 280 g/mol. The zero-order valence-corrected chi connectivity index (χ0v) is 13.2. The Morgan fingerprint density at radius 1 is 1.32 bits per heavy atom. The van der Waals surface area contributed by atoms with Crippen LogP contribution in [0.3, 0.4) is 0 Å². The van der Waals surface area contributed by atoms with E-state index in [0.717, 1.165) is 24.2 Å². The van der Waals surface area contributed by atoms with Crippen LogP contribution in [0.1, 0.15) is 39.2 Å². The van der Waals surface area contributed by atoms with Gasteiger partial charge in [0, 0.05) is 36.9 Å². The summed E-state index contributed by atoms with van der Waals surface area (Å²) in [5.74, 6) is 0. The van der Waals surface area contributed by atoms with Crippen LogP contribution in [0.2, 0.25) is 5.02 Å². The highest BCUT2D eigenvalue weighted by atomic mass is 35.5. The fourth-order valence-corrected chi connectivity index (χ4v) is 2.60. The molecule has 0 bridgehead atoms. The van der Waals surface area contributed by atoms with E-state index in [2.05, 4.69) is 50.2 Å². The highest BCUT2D eigenvalue weighted by Crippen LogP contribution is 2.28. The van der Waals surface area contributed by atoms with Gasteiger partial charge >= 0.3 is 0 Å². The lowest BCUT2D eigenvalue weighted by Crippen LogP contribution is -2.30. The van der Waals surface area contributed by atoms with E-state index in [1.807, 2.05) is 6.07 Å². The van der Waals surface area contributed by atoms with Gasteiger partial charge in [-0.25, -0.2) is 0 Å². The second-order valence-electron chi connectivity index (χ2n) is 6.84. The average molecular weight is 281 g/mol. The molecule has 0 aliphatic heterocycles. The highest BCUT2D eigenvalue weighted by molar-refractivity contribution is 6.30. The van der Waals surface area contributed by atoms with E-state index in [0.29, 0.717) is 0 Å². The van der Waals surface area contributed by atoms with Crippen molar-refractivity contribution in [1.29, 1.82) is 0 Å². The van der Waals surface area contributed by atoms with Gasteiger partial charge in [-0.3, -0.25) is 0 Å². The summed E-state index contributed by atoms with van der Waals surface area (Å²) < 4.78 is 0. The molecule has 106 valence electrons. The molecule has 0 heterocycles. The van der Waals surface area contributed by atoms with Crippen molar-refractivity contribution in [2.75, 3.05) is 18.5 Å². The molecule has 0 amide bonds. The Balaban J connectivity index is 2.12. The molecule has 19 heavy (non-hydrogen) atoms. The number of nitrogens with zero attached hydrogens (tertiary/aromatic N) is 1. The molecule has 1 aliphatic carbocycles. The van der Waals surface area contributed by atoms with E-state index in [1.54, 1.807) is 0 Å². The minimum Gasteiger partial charge on any atom is -0.374 e. The molecule has 0 spiro atoms. The van der Waals surface area contributed by atoms with Gasteiger partial charge in [0.1, 0.15) is 0 Å². The fraction of sp³-hybridized carbons (Fsp3) is 0.625. The summed E-state index contributed by atoms with van der Waals surface area (Å²) in [6, 6.07) is 6.93. The van der Waals surface area contributed by atoms with Crippen molar-refractivity contribution in [2.45, 2.75) is 46.2 Å². The SMILES string of the molecule is CN(CC(C)(C)C)c1ccc(Cl)cc1CNC1CC1. The number of hydrogen-bond donors (Lipinski definition) is 1. The third kappa shape index (κ3) is 4.70. The number of anilines is 1. The summed E-state index contributed by atoms with van der Waals surface area (Å²) in [4.78, 5) is 2.33. The summed E-state index contributed by atoms with van der Waals surface area (Å²) in [5.41, 5.74) is 2.87. The van der Waals surface area contributed by atoms with E-state index in [1.165, 1.54) is 24.1 Å². The van der Waals surface area contributed by atoms with Crippen LogP contribution in [0.15, 0.2) is 18.2 Å². The van der Waals surface area contributed by atoms with Crippen molar-refractivity contribution >= 4 is 17.3 Å². The smallest absolute Gasteiger partial charge is 0.0410 e. The number of hydrogen-bond acceptors (Lipinski definition) is 2. The number of benzene rings is 1. The molecule has 2 rings (SSSR count).